The third-order valence-electron chi connectivity index (χ3n) is 3.61. The third kappa shape index (κ3) is 4.70. The molecule has 2 heterocycles. The van der Waals surface area contributed by atoms with Gasteiger partial charge in [0.15, 0.2) is 5.13 Å². The van der Waals surface area contributed by atoms with Gasteiger partial charge in [-0.1, -0.05) is 0 Å². The Morgan fingerprint density at radius 2 is 2.04 bits per heavy atom. The number of anilines is 1. The van der Waals surface area contributed by atoms with Crippen LogP contribution in [0, 0.1) is 0 Å². The van der Waals surface area contributed by atoms with Crippen LogP contribution in [0.5, 0.6) is 5.75 Å². The summed E-state index contributed by atoms with van der Waals surface area (Å²) in [6.45, 7) is 2.07. The quantitative estimate of drug-likeness (QED) is 0.605. The van der Waals surface area contributed by atoms with E-state index in [2.05, 4.69) is 20.5 Å². The second-order valence-corrected chi connectivity index (χ2v) is 6.33. The number of hydrogen-bond acceptors (Lipinski definition) is 7. The number of amides is 1. The molecule has 0 fully saturated rings. The number of aromatic amines is 1. The highest BCUT2D eigenvalue weighted by Gasteiger charge is 2.14. The summed E-state index contributed by atoms with van der Waals surface area (Å²) in [5, 5.41) is 11.7. The molecule has 0 saturated carbocycles. The molecule has 0 atom stereocenters. The van der Waals surface area contributed by atoms with E-state index < -0.39 is 0 Å². The van der Waals surface area contributed by atoms with Crippen LogP contribution < -0.4 is 10.1 Å². The SMILES string of the molecule is CCOC(=O)Cc1csc(NC(=O)c2cc(-c3ccc(OC)cc3)n[nH]2)n1. The average molecular weight is 386 g/mol. The molecule has 1 aromatic carbocycles. The lowest BCUT2D eigenvalue weighted by molar-refractivity contribution is -0.142. The predicted molar refractivity (Wildman–Crippen MR) is 101 cm³/mol. The molecule has 0 saturated heterocycles. The molecule has 0 spiro atoms. The van der Waals surface area contributed by atoms with E-state index in [0.29, 0.717) is 28.8 Å². The second-order valence-electron chi connectivity index (χ2n) is 5.48. The highest BCUT2D eigenvalue weighted by atomic mass is 32.1. The topological polar surface area (TPSA) is 106 Å². The molecular formula is C18H18N4O4S. The maximum absolute atomic E-state index is 12.4. The van der Waals surface area contributed by atoms with Crippen molar-refractivity contribution in [2.45, 2.75) is 13.3 Å². The van der Waals surface area contributed by atoms with Crippen LogP contribution in [-0.2, 0) is 16.0 Å². The third-order valence-corrected chi connectivity index (χ3v) is 4.42. The van der Waals surface area contributed by atoms with Crippen LogP contribution >= 0.6 is 11.3 Å². The summed E-state index contributed by atoms with van der Waals surface area (Å²) in [7, 11) is 1.60. The number of carbonyl (C=O) groups is 2. The highest BCUT2D eigenvalue weighted by molar-refractivity contribution is 7.14. The summed E-state index contributed by atoms with van der Waals surface area (Å²) < 4.78 is 10.0. The molecule has 0 aliphatic rings. The van der Waals surface area contributed by atoms with Crippen molar-refractivity contribution in [3.05, 3.63) is 47.1 Å². The van der Waals surface area contributed by atoms with Crippen molar-refractivity contribution < 1.29 is 19.1 Å². The Morgan fingerprint density at radius 3 is 2.74 bits per heavy atom. The number of nitrogens with one attached hydrogen (secondary N) is 2. The minimum absolute atomic E-state index is 0.0753. The average Bonchev–Trinajstić information content (AvgIpc) is 3.32. The lowest BCUT2D eigenvalue weighted by Gasteiger charge is -2.00. The highest BCUT2D eigenvalue weighted by Crippen LogP contribution is 2.22. The maximum Gasteiger partial charge on any atom is 0.311 e. The van der Waals surface area contributed by atoms with Crippen molar-refractivity contribution in [3.8, 4) is 17.0 Å². The molecular weight excluding hydrogens is 368 g/mol. The summed E-state index contributed by atoms with van der Waals surface area (Å²) in [4.78, 5) is 28.1. The van der Waals surface area contributed by atoms with Gasteiger partial charge in [0.05, 0.1) is 31.5 Å². The summed E-state index contributed by atoms with van der Waals surface area (Å²) >= 11 is 1.24. The lowest BCUT2D eigenvalue weighted by atomic mass is 10.1. The number of nitrogens with zero attached hydrogens (tertiary/aromatic N) is 2. The molecule has 3 rings (SSSR count). The van der Waals surface area contributed by atoms with E-state index in [0.717, 1.165) is 11.3 Å². The van der Waals surface area contributed by atoms with Crippen molar-refractivity contribution in [2.75, 3.05) is 19.0 Å². The van der Waals surface area contributed by atoms with Crippen LogP contribution in [0.15, 0.2) is 35.7 Å². The van der Waals surface area contributed by atoms with Crippen LogP contribution in [0.3, 0.4) is 0 Å². The zero-order valence-electron chi connectivity index (χ0n) is 14.8. The number of H-pyrrole nitrogens is 1. The molecule has 2 aromatic heterocycles. The Kier molecular flexibility index (Phi) is 5.82. The Labute approximate surface area is 159 Å². The van der Waals surface area contributed by atoms with Gasteiger partial charge < -0.3 is 9.47 Å². The van der Waals surface area contributed by atoms with Crippen molar-refractivity contribution >= 4 is 28.3 Å². The van der Waals surface area contributed by atoms with Gasteiger partial charge >= 0.3 is 5.97 Å². The van der Waals surface area contributed by atoms with Gasteiger partial charge in [0.25, 0.3) is 5.91 Å². The Balaban J connectivity index is 1.64. The van der Waals surface area contributed by atoms with Gasteiger partial charge in [-0.2, -0.15) is 5.10 Å². The van der Waals surface area contributed by atoms with Gasteiger partial charge in [-0.05, 0) is 37.3 Å². The molecule has 2 N–H and O–H groups in total. The first-order chi connectivity index (χ1) is 13.1. The number of aromatic nitrogens is 3. The Morgan fingerprint density at radius 1 is 1.26 bits per heavy atom. The van der Waals surface area contributed by atoms with Gasteiger partial charge in [0, 0.05) is 10.9 Å². The molecule has 9 heteroatoms. The summed E-state index contributed by atoms with van der Waals surface area (Å²) in [5.74, 6) is 0.0346. The molecule has 0 aliphatic heterocycles. The van der Waals surface area contributed by atoms with Crippen molar-refractivity contribution in [3.63, 3.8) is 0 Å². The molecule has 27 heavy (non-hydrogen) atoms. The number of carbonyl (C=O) groups excluding carboxylic acids is 2. The normalized spacial score (nSPS) is 10.4. The van der Waals surface area contributed by atoms with Gasteiger partial charge in [-0.15, -0.1) is 11.3 Å². The number of thiazole rings is 1. The first-order valence-electron chi connectivity index (χ1n) is 8.20. The van der Waals surface area contributed by atoms with Gasteiger partial charge in [-0.25, -0.2) is 4.98 Å². The zero-order valence-corrected chi connectivity index (χ0v) is 15.6. The number of benzene rings is 1. The van der Waals surface area contributed by atoms with Crippen LogP contribution in [0.2, 0.25) is 0 Å². The fourth-order valence-electron chi connectivity index (χ4n) is 2.32. The standard InChI is InChI=1S/C18H18N4O4S/c1-3-26-16(23)8-12-10-27-18(19-12)20-17(24)15-9-14(21-22-15)11-4-6-13(25-2)7-5-11/h4-7,9-10H,3,8H2,1-2H3,(H,21,22)(H,19,20,24). The van der Waals surface area contributed by atoms with Gasteiger partial charge in [0.2, 0.25) is 0 Å². The molecule has 0 unspecified atom stereocenters. The van der Waals surface area contributed by atoms with Gasteiger partial charge in [-0.3, -0.25) is 20.0 Å². The molecule has 3 aromatic rings. The van der Waals surface area contributed by atoms with Crippen LogP contribution in [0.4, 0.5) is 5.13 Å². The first-order valence-corrected chi connectivity index (χ1v) is 9.08. The molecule has 0 aliphatic carbocycles. The first kappa shape index (κ1) is 18.6. The summed E-state index contributed by atoms with van der Waals surface area (Å²) in [6, 6.07) is 9.03. The number of rotatable bonds is 7. The predicted octanol–water partition coefficient (Wildman–Crippen LogP) is 2.90. The Bertz CT molecular complexity index is 933. The van der Waals surface area contributed by atoms with Gasteiger partial charge in [0.1, 0.15) is 11.4 Å². The van der Waals surface area contributed by atoms with Crippen LogP contribution in [-0.4, -0.2) is 40.8 Å². The monoisotopic (exact) mass is 386 g/mol. The molecule has 0 radical (unpaired) electrons. The van der Waals surface area contributed by atoms with E-state index in [4.69, 9.17) is 9.47 Å². The van der Waals surface area contributed by atoms with E-state index in [-0.39, 0.29) is 18.3 Å². The number of ether oxygens (including phenoxy) is 2. The van der Waals surface area contributed by atoms with Crippen molar-refractivity contribution in [1.29, 1.82) is 0 Å². The second kappa shape index (κ2) is 8.45. The largest absolute Gasteiger partial charge is 0.497 e. The number of methoxy groups -OCH3 is 1. The minimum Gasteiger partial charge on any atom is -0.497 e. The minimum atomic E-state index is -0.362. The fraction of sp³-hybridized carbons (Fsp3) is 0.222. The lowest BCUT2D eigenvalue weighted by Crippen LogP contribution is -2.12. The van der Waals surface area contributed by atoms with Crippen molar-refractivity contribution in [2.24, 2.45) is 0 Å². The molecule has 0 bridgehead atoms. The summed E-state index contributed by atoms with van der Waals surface area (Å²) in [6.07, 6.45) is 0.0753. The number of esters is 1. The van der Waals surface area contributed by atoms with E-state index in [1.165, 1.54) is 11.3 Å². The molecule has 8 nitrogen and oxygen atoms in total. The van der Waals surface area contributed by atoms with E-state index >= 15 is 0 Å². The smallest absolute Gasteiger partial charge is 0.311 e. The summed E-state index contributed by atoms with van der Waals surface area (Å²) in [5.41, 5.74) is 2.36. The van der Waals surface area contributed by atoms with Crippen LogP contribution in [0.1, 0.15) is 23.1 Å². The van der Waals surface area contributed by atoms with Crippen molar-refractivity contribution in [1.82, 2.24) is 15.2 Å². The van der Waals surface area contributed by atoms with E-state index in [9.17, 15) is 9.59 Å². The fourth-order valence-corrected chi connectivity index (χ4v) is 3.02. The Hall–Kier alpha value is -3.20. The maximum atomic E-state index is 12.4. The van der Waals surface area contributed by atoms with E-state index in [1.807, 2.05) is 24.3 Å². The molecule has 140 valence electrons. The van der Waals surface area contributed by atoms with Crippen LogP contribution in [0.25, 0.3) is 11.3 Å². The van der Waals surface area contributed by atoms with E-state index in [1.54, 1.807) is 25.5 Å². The molecule has 1 amide bonds. The number of hydrogen-bond donors (Lipinski definition) is 2. The zero-order chi connectivity index (χ0) is 19.2.